The first-order valence-electron chi connectivity index (χ1n) is 7.76. The van der Waals surface area contributed by atoms with Gasteiger partial charge >= 0.3 is 0 Å². The summed E-state index contributed by atoms with van der Waals surface area (Å²) in [5, 5.41) is 3.52. The summed E-state index contributed by atoms with van der Waals surface area (Å²) in [6.45, 7) is 5.29. The van der Waals surface area contributed by atoms with E-state index in [4.69, 9.17) is 0 Å². The van der Waals surface area contributed by atoms with Crippen LogP contribution in [0.3, 0.4) is 0 Å². The lowest BCUT2D eigenvalue weighted by molar-refractivity contribution is 0.222. The topological polar surface area (TPSA) is 12.0 Å². The average molecular weight is 281 g/mol. The van der Waals surface area contributed by atoms with Crippen molar-refractivity contribution < 1.29 is 8.78 Å². The van der Waals surface area contributed by atoms with E-state index in [9.17, 15) is 8.78 Å². The van der Waals surface area contributed by atoms with Crippen molar-refractivity contribution in [2.75, 3.05) is 6.54 Å². The summed E-state index contributed by atoms with van der Waals surface area (Å²) in [7, 11) is 0. The lowest BCUT2D eigenvalue weighted by Crippen LogP contribution is -2.40. The SMILES string of the molecule is CCNC(Cc1cc(F)cc(F)c1)C1CCCC(C)C1. The van der Waals surface area contributed by atoms with Crippen LogP contribution < -0.4 is 5.32 Å². The van der Waals surface area contributed by atoms with Crippen LogP contribution in [-0.2, 0) is 6.42 Å². The molecule has 1 saturated carbocycles. The number of nitrogens with one attached hydrogen (secondary N) is 1. The van der Waals surface area contributed by atoms with E-state index in [2.05, 4.69) is 19.2 Å². The molecule has 0 aromatic heterocycles. The van der Waals surface area contributed by atoms with Gasteiger partial charge in [-0.25, -0.2) is 8.78 Å². The standard InChI is InChI=1S/C17H25F2N/c1-3-20-17(14-6-4-5-12(2)7-14)10-13-8-15(18)11-16(19)9-13/h8-9,11-12,14,17,20H,3-7,10H2,1-2H3. The molecule has 0 radical (unpaired) electrons. The number of hydrogen-bond acceptors (Lipinski definition) is 1. The Labute approximate surface area is 120 Å². The fourth-order valence-electron chi connectivity index (χ4n) is 3.50. The van der Waals surface area contributed by atoms with Crippen LogP contribution in [0.5, 0.6) is 0 Å². The summed E-state index contributed by atoms with van der Waals surface area (Å²) >= 11 is 0. The first-order valence-corrected chi connectivity index (χ1v) is 7.76. The van der Waals surface area contributed by atoms with E-state index in [-0.39, 0.29) is 0 Å². The Morgan fingerprint density at radius 3 is 2.50 bits per heavy atom. The van der Waals surface area contributed by atoms with Gasteiger partial charge in [-0.1, -0.05) is 26.7 Å². The van der Waals surface area contributed by atoms with Gasteiger partial charge in [0.15, 0.2) is 0 Å². The van der Waals surface area contributed by atoms with Crippen LogP contribution in [0, 0.1) is 23.5 Å². The average Bonchev–Trinajstić information content (AvgIpc) is 2.37. The van der Waals surface area contributed by atoms with Gasteiger partial charge in [-0.15, -0.1) is 0 Å². The van der Waals surface area contributed by atoms with Gasteiger partial charge in [-0.3, -0.25) is 0 Å². The zero-order chi connectivity index (χ0) is 14.5. The second kappa shape index (κ2) is 7.16. The van der Waals surface area contributed by atoms with Crippen molar-refractivity contribution in [3.05, 3.63) is 35.4 Å². The minimum absolute atomic E-state index is 0.323. The fraction of sp³-hybridized carbons (Fsp3) is 0.647. The number of hydrogen-bond donors (Lipinski definition) is 1. The molecule has 1 aliphatic carbocycles. The Balaban J connectivity index is 2.07. The number of rotatable bonds is 5. The molecule has 1 aromatic carbocycles. The van der Waals surface area contributed by atoms with Gasteiger partial charge in [0.1, 0.15) is 11.6 Å². The quantitative estimate of drug-likeness (QED) is 0.848. The largest absolute Gasteiger partial charge is 0.314 e. The van der Waals surface area contributed by atoms with E-state index >= 15 is 0 Å². The van der Waals surface area contributed by atoms with Crippen molar-refractivity contribution in [2.24, 2.45) is 11.8 Å². The molecule has 0 bridgehead atoms. The molecule has 2 rings (SSSR count). The molecule has 3 heteroatoms. The van der Waals surface area contributed by atoms with E-state index in [1.165, 1.54) is 37.8 Å². The second-order valence-corrected chi connectivity index (χ2v) is 6.18. The lowest BCUT2D eigenvalue weighted by Gasteiger charge is -2.34. The van der Waals surface area contributed by atoms with E-state index < -0.39 is 11.6 Å². The summed E-state index contributed by atoms with van der Waals surface area (Å²) in [4.78, 5) is 0. The summed E-state index contributed by atoms with van der Waals surface area (Å²) in [6.07, 6.45) is 5.73. The molecule has 1 N–H and O–H groups in total. The third-order valence-electron chi connectivity index (χ3n) is 4.39. The molecule has 20 heavy (non-hydrogen) atoms. The Kier molecular flexibility index (Phi) is 5.53. The van der Waals surface area contributed by atoms with Crippen molar-refractivity contribution in [1.82, 2.24) is 5.32 Å². The lowest BCUT2D eigenvalue weighted by atomic mass is 9.77. The van der Waals surface area contributed by atoms with Crippen molar-refractivity contribution in [2.45, 2.75) is 52.0 Å². The van der Waals surface area contributed by atoms with Crippen molar-refractivity contribution in [1.29, 1.82) is 0 Å². The number of benzene rings is 1. The van der Waals surface area contributed by atoms with Crippen molar-refractivity contribution in [3.8, 4) is 0 Å². The first kappa shape index (κ1) is 15.4. The molecule has 1 fully saturated rings. The van der Waals surface area contributed by atoms with Crippen LogP contribution >= 0.6 is 0 Å². The van der Waals surface area contributed by atoms with Crippen molar-refractivity contribution in [3.63, 3.8) is 0 Å². The molecule has 0 heterocycles. The van der Waals surface area contributed by atoms with E-state index in [1.807, 2.05) is 0 Å². The zero-order valence-corrected chi connectivity index (χ0v) is 12.5. The van der Waals surface area contributed by atoms with Crippen LogP contribution in [0.2, 0.25) is 0 Å². The summed E-state index contributed by atoms with van der Waals surface area (Å²) < 4.78 is 26.6. The maximum Gasteiger partial charge on any atom is 0.126 e. The Hall–Kier alpha value is -0.960. The van der Waals surface area contributed by atoms with Gasteiger partial charge in [0.25, 0.3) is 0 Å². The molecule has 1 nitrogen and oxygen atoms in total. The van der Waals surface area contributed by atoms with Crippen LogP contribution in [0.4, 0.5) is 8.78 Å². The molecule has 3 unspecified atom stereocenters. The highest BCUT2D eigenvalue weighted by Crippen LogP contribution is 2.32. The smallest absolute Gasteiger partial charge is 0.126 e. The zero-order valence-electron chi connectivity index (χ0n) is 12.5. The highest BCUT2D eigenvalue weighted by atomic mass is 19.1. The van der Waals surface area contributed by atoms with Crippen LogP contribution in [-0.4, -0.2) is 12.6 Å². The van der Waals surface area contributed by atoms with Gasteiger partial charge in [-0.05, 0) is 55.3 Å². The highest BCUT2D eigenvalue weighted by Gasteiger charge is 2.26. The molecular formula is C17H25F2N. The predicted octanol–water partition coefficient (Wildman–Crippen LogP) is 4.31. The fourth-order valence-corrected chi connectivity index (χ4v) is 3.50. The Morgan fingerprint density at radius 1 is 1.20 bits per heavy atom. The van der Waals surface area contributed by atoms with E-state index in [1.54, 1.807) is 0 Å². The molecule has 3 atom stereocenters. The molecule has 1 aliphatic rings. The van der Waals surface area contributed by atoms with Gasteiger partial charge in [-0.2, -0.15) is 0 Å². The molecule has 0 aliphatic heterocycles. The summed E-state index contributed by atoms with van der Waals surface area (Å²) in [5.41, 5.74) is 0.756. The normalized spacial score (nSPS) is 24.6. The van der Waals surface area contributed by atoms with Gasteiger partial charge in [0.05, 0.1) is 0 Å². The van der Waals surface area contributed by atoms with Crippen molar-refractivity contribution >= 4 is 0 Å². The third-order valence-corrected chi connectivity index (χ3v) is 4.39. The molecule has 1 aromatic rings. The maximum atomic E-state index is 13.3. The number of likely N-dealkylation sites (N-methyl/N-ethyl adjacent to an activating group) is 1. The van der Waals surface area contributed by atoms with Crippen LogP contribution in [0.1, 0.15) is 45.1 Å². The minimum atomic E-state index is -0.479. The Morgan fingerprint density at radius 2 is 1.90 bits per heavy atom. The molecule has 0 amide bonds. The summed E-state index contributed by atoms with van der Waals surface area (Å²) in [5.74, 6) is 0.420. The van der Waals surface area contributed by atoms with Crippen LogP contribution in [0.25, 0.3) is 0 Å². The van der Waals surface area contributed by atoms with Gasteiger partial charge < -0.3 is 5.32 Å². The Bertz CT molecular complexity index is 413. The molecule has 0 saturated heterocycles. The first-order chi connectivity index (χ1) is 9.58. The number of halogens is 2. The molecule has 0 spiro atoms. The van der Waals surface area contributed by atoms with Crippen LogP contribution in [0.15, 0.2) is 18.2 Å². The third kappa shape index (κ3) is 4.27. The second-order valence-electron chi connectivity index (χ2n) is 6.18. The van der Waals surface area contributed by atoms with Gasteiger partial charge in [0.2, 0.25) is 0 Å². The molecular weight excluding hydrogens is 256 g/mol. The van der Waals surface area contributed by atoms with E-state index in [0.29, 0.717) is 18.4 Å². The molecule has 112 valence electrons. The highest BCUT2D eigenvalue weighted by molar-refractivity contribution is 5.19. The predicted molar refractivity (Wildman–Crippen MR) is 78.6 cm³/mol. The monoisotopic (exact) mass is 281 g/mol. The van der Waals surface area contributed by atoms with E-state index in [0.717, 1.165) is 24.1 Å². The van der Waals surface area contributed by atoms with Gasteiger partial charge in [0, 0.05) is 12.1 Å². The minimum Gasteiger partial charge on any atom is -0.314 e. The maximum absolute atomic E-state index is 13.3. The summed E-state index contributed by atoms with van der Waals surface area (Å²) in [6, 6.07) is 4.18.